The minimum atomic E-state index is -0.989. The van der Waals surface area contributed by atoms with Crippen LogP contribution < -0.4 is 5.32 Å². The van der Waals surface area contributed by atoms with Crippen LogP contribution in [0.5, 0.6) is 0 Å². The van der Waals surface area contributed by atoms with E-state index in [1.54, 1.807) is 0 Å². The summed E-state index contributed by atoms with van der Waals surface area (Å²) in [5.41, 5.74) is 0.177. The van der Waals surface area contributed by atoms with Gasteiger partial charge in [-0.2, -0.15) is 0 Å². The standard InChI is InChI=1S/C13H14FNO4/c14-10-3-1-2-8(4-10)13(18)15-11(5-12(16)17)9-6-19-7-9/h1-4,9,11H,5-7H2,(H,15,18)(H,16,17). The number of carbonyl (C=O) groups excluding carboxylic acids is 1. The first-order valence-corrected chi connectivity index (χ1v) is 5.92. The fraction of sp³-hybridized carbons (Fsp3) is 0.385. The molecule has 19 heavy (non-hydrogen) atoms. The van der Waals surface area contributed by atoms with Gasteiger partial charge in [-0.05, 0) is 18.2 Å². The zero-order valence-corrected chi connectivity index (χ0v) is 10.1. The number of hydrogen-bond donors (Lipinski definition) is 2. The van der Waals surface area contributed by atoms with E-state index in [1.807, 2.05) is 0 Å². The maximum Gasteiger partial charge on any atom is 0.305 e. The van der Waals surface area contributed by atoms with Crippen LogP contribution in [0.1, 0.15) is 16.8 Å². The van der Waals surface area contributed by atoms with Crippen molar-refractivity contribution in [1.29, 1.82) is 0 Å². The van der Waals surface area contributed by atoms with Crippen molar-refractivity contribution in [3.05, 3.63) is 35.6 Å². The molecule has 5 nitrogen and oxygen atoms in total. The zero-order chi connectivity index (χ0) is 13.8. The quantitative estimate of drug-likeness (QED) is 0.836. The summed E-state index contributed by atoms with van der Waals surface area (Å²) >= 11 is 0. The lowest BCUT2D eigenvalue weighted by atomic mass is 9.95. The Morgan fingerprint density at radius 2 is 2.21 bits per heavy atom. The van der Waals surface area contributed by atoms with E-state index in [0.717, 1.165) is 6.07 Å². The minimum Gasteiger partial charge on any atom is -0.481 e. The fourth-order valence-corrected chi connectivity index (χ4v) is 1.89. The van der Waals surface area contributed by atoms with Crippen LogP contribution in [0, 0.1) is 11.7 Å². The first-order chi connectivity index (χ1) is 9.06. The SMILES string of the molecule is O=C(O)CC(NC(=O)c1cccc(F)c1)C1COC1. The number of carbonyl (C=O) groups is 2. The molecule has 1 aliphatic rings. The van der Waals surface area contributed by atoms with Crippen LogP contribution in [0.3, 0.4) is 0 Å². The lowest BCUT2D eigenvalue weighted by Crippen LogP contribution is -2.49. The summed E-state index contributed by atoms with van der Waals surface area (Å²) in [6, 6.07) is 4.77. The van der Waals surface area contributed by atoms with Crippen molar-refractivity contribution in [2.75, 3.05) is 13.2 Å². The average molecular weight is 267 g/mol. The summed E-state index contributed by atoms with van der Waals surface area (Å²) in [6.07, 6.45) is -0.172. The predicted octanol–water partition coefficient (Wildman–Crippen LogP) is 1.05. The number of nitrogens with one attached hydrogen (secondary N) is 1. The highest BCUT2D eigenvalue weighted by Gasteiger charge is 2.31. The molecule has 1 aromatic rings. The van der Waals surface area contributed by atoms with Crippen LogP contribution in [-0.2, 0) is 9.53 Å². The fourth-order valence-electron chi connectivity index (χ4n) is 1.89. The molecule has 0 aliphatic carbocycles. The van der Waals surface area contributed by atoms with Gasteiger partial charge in [-0.25, -0.2) is 4.39 Å². The predicted molar refractivity (Wildman–Crippen MR) is 64.2 cm³/mol. The second-order valence-electron chi connectivity index (χ2n) is 4.49. The Bertz CT molecular complexity index is 487. The first kappa shape index (κ1) is 13.5. The van der Waals surface area contributed by atoms with Gasteiger partial charge in [0.15, 0.2) is 0 Å². The molecule has 0 spiro atoms. The first-order valence-electron chi connectivity index (χ1n) is 5.92. The molecule has 1 amide bonds. The molecular formula is C13H14FNO4. The van der Waals surface area contributed by atoms with E-state index in [4.69, 9.17) is 9.84 Å². The van der Waals surface area contributed by atoms with Crippen LogP contribution in [-0.4, -0.2) is 36.2 Å². The molecule has 0 saturated carbocycles. The van der Waals surface area contributed by atoms with Crippen molar-refractivity contribution in [1.82, 2.24) is 5.32 Å². The maximum atomic E-state index is 13.0. The molecule has 1 heterocycles. The molecule has 1 aliphatic heterocycles. The Hall–Kier alpha value is -1.95. The zero-order valence-electron chi connectivity index (χ0n) is 10.1. The van der Waals surface area contributed by atoms with E-state index < -0.39 is 23.7 Å². The third-order valence-electron chi connectivity index (χ3n) is 3.03. The van der Waals surface area contributed by atoms with Crippen LogP contribution in [0.15, 0.2) is 24.3 Å². The number of aliphatic carboxylic acids is 1. The largest absolute Gasteiger partial charge is 0.481 e. The number of hydrogen-bond acceptors (Lipinski definition) is 3. The Balaban J connectivity index is 2.03. The van der Waals surface area contributed by atoms with Crippen molar-refractivity contribution in [2.45, 2.75) is 12.5 Å². The molecule has 1 atom stereocenters. The highest BCUT2D eigenvalue weighted by atomic mass is 19.1. The third-order valence-corrected chi connectivity index (χ3v) is 3.03. The van der Waals surface area contributed by atoms with E-state index in [-0.39, 0.29) is 17.9 Å². The van der Waals surface area contributed by atoms with Crippen molar-refractivity contribution >= 4 is 11.9 Å². The monoisotopic (exact) mass is 267 g/mol. The number of carboxylic acids is 1. The van der Waals surface area contributed by atoms with E-state index in [1.165, 1.54) is 18.2 Å². The van der Waals surface area contributed by atoms with Crippen LogP contribution in [0.25, 0.3) is 0 Å². The van der Waals surface area contributed by atoms with Crippen LogP contribution >= 0.6 is 0 Å². The lowest BCUT2D eigenvalue weighted by molar-refractivity contribution is -0.139. The van der Waals surface area contributed by atoms with Gasteiger partial charge >= 0.3 is 5.97 Å². The molecule has 1 unspecified atom stereocenters. The van der Waals surface area contributed by atoms with E-state index in [0.29, 0.717) is 13.2 Å². The van der Waals surface area contributed by atoms with E-state index in [9.17, 15) is 14.0 Å². The number of rotatable bonds is 5. The molecule has 0 bridgehead atoms. The molecule has 6 heteroatoms. The summed E-state index contributed by atoms with van der Waals surface area (Å²) in [4.78, 5) is 22.7. The molecule has 102 valence electrons. The van der Waals surface area contributed by atoms with Gasteiger partial charge in [0.05, 0.1) is 19.6 Å². The van der Waals surface area contributed by atoms with Gasteiger partial charge in [-0.1, -0.05) is 6.07 Å². The van der Waals surface area contributed by atoms with Crippen LogP contribution in [0.4, 0.5) is 4.39 Å². The van der Waals surface area contributed by atoms with Crippen molar-refractivity contribution in [3.8, 4) is 0 Å². The number of amides is 1. The molecular weight excluding hydrogens is 253 g/mol. The summed E-state index contributed by atoms with van der Waals surface area (Å²) in [6.45, 7) is 0.864. The Morgan fingerprint density at radius 1 is 1.47 bits per heavy atom. The molecule has 0 aromatic heterocycles. The smallest absolute Gasteiger partial charge is 0.305 e. The molecule has 1 saturated heterocycles. The minimum absolute atomic E-state index is 0.00592. The summed E-state index contributed by atoms with van der Waals surface area (Å²) in [5.74, 6) is -1.97. The van der Waals surface area contributed by atoms with Gasteiger partial charge < -0.3 is 15.2 Å². The second-order valence-corrected chi connectivity index (χ2v) is 4.49. The molecule has 1 fully saturated rings. The lowest BCUT2D eigenvalue weighted by Gasteiger charge is -2.33. The summed E-state index contributed by atoms with van der Waals surface area (Å²) < 4.78 is 18.0. The molecule has 2 rings (SSSR count). The van der Waals surface area contributed by atoms with Crippen molar-refractivity contribution in [2.24, 2.45) is 5.92 Å². The van der Waals surface area contributed by atoms with E-state index >= 15 is 0 Å². The summed E-state index contributed by atoms with van der Waals surface area (Å²) in [7, 11) is 0. The highest BCUT2D eigenvalue weighted by Crippen LogP contribution is 2.18. The van der Waals surface area contributed by atoms with Gasteiger partial charge in [-0.3, -0.25) is 9.59 Å². The van der Waals surface area contributed by atoms with Crippen molar-refractivity contribution in [3.63, 3.8) is 0 Å². The van der Waals surface area contributed by atoms with Gasteiger partial charge in [0.2, 0.25) is 0 Å². The van der Waals surface area contributed by atoms with Crippen molar-refractivity contribution < 1.29 is 23.8 Å². The van der Waals surface area contributed by atoms with Gasteiger partial charge in [0, 0.05) is 17.5 Å². The number of carboxylic acid groups (broad SMARTS) is 1. The number of halogens is 1. The van der Waals surface area contributed by atoms with Gasteiger partial charge in [-0.15, -0.1) is 0 Å². The Morgan fingerprint density at radius 3 is 2.74 bits per heavy atom. The van der Waals surface area contributed by atoms with E-state index in [2.05, 4.69) is 5.32 Å². The molecule has 0 radical (unpaired) electrons. The summed E-state index contributed by atoms with van der Waals surface area (Å²) in [5, 5.41) is 11.5. The topological polar surface area (TPSA) is 75.6 Å². The Labute approximate surface area is 109 Å². The Kier molecular flexibility index (Phi) is 4.11. The van der Waals surface area contributed by atoms with Gasteiger partial charge in [0.25, 0.3) is 5.91 Å². The normalized spacial score (nSPS) is 16.5. The number of benzene rings is 1. The average Bonchev–Trinajstić information content (AvgIpc) is 2.25. The highest BCUT2D eigenvalue weighted by molar-refractivity contribution is 5.94. The number of ether oxygens (including phenoxy) is 1. The maximum absolute atomic E-state index is 13.0. The second kappa shape index (κ2) is 5.79. The van der Waals surface area contributed by atoms with Gasteiger partial charge in [0.1, 0.15) is 5.82 Å². The molecule has 1 aromatic carbocycles. The molecule has 2 N–H and O–H groups in total. The third kappa shape index (κ3) is 3.51. The van der Waals surface area contributed by atoms with Crippen LogP contribution in [0.2, 0.25) is 0 Å².